The summed E-state index contributed by atoms with van der Waals surface area (Å²) in [5.41, 5.74) is -0.199. The van der Waals surface area contributed by atoms with Crippen LogP contribution in [-0.4, -0.2) is 34.3 Å². The average molecular weight is 296 g/mol. The summed E-state index contributed by atoms with van der Waals surface area (Å²) >= 11 is 0. The Morgan fingerprint density at radius 2 is 1.62 bits per heavy atom. The second-order valence-electron chi connectivity index (χ2n) is 6.53. The van der Waals surface area contributed by atoms with Gasteiger partial charge >= 0.3 is 0 Å². The number of rotatable bonds is 7. The first-order valence-corrected chi connectivity index (χ1v) is 8.52. The molecular weight excluding hydrogens is 264 g/mol. The maximum atomic E-state index is 13.0. The van der Waals surface area contributed by atoms with Gasteiger partial charge in [-0.3, -0.25) is 9.59 Å². The third-order valence-corrected chi connectivity index (χ3v) is 5.09. The van der Waals surface area contributed by atoms with Crippen LogP contribution in [0.4, 0.5) is 0 Å². The van der Waals surface area contributed by atoms with E-state index < -0.39 is 0 Å². The molecule has 2 amide bonds. The fourth-order valence-corrected chi connectivity index (χ4v) is 3.62. The molecule has 0 aliphatic carbocycles. The molecule has 0 aromatic carbocycles. The third-order valence-electron chi connectivity index (χ3n) is 5.09. The minimum absolute atomic E-state index is 0.0165. The number of carbonyl (C=O) groups excluding carboxylic acids is 2. The van der Waals surface area contributed by atoms with Crippen molar-refractivity contribution in [1.29, 1.82) is 0 Å². The lowest BCUT2D eigenvalue weighted by Crippen LogP contribution is -2.70. The molecule has 0 radical (unpaired) electrons. The molecule has 21 heavy (non-hydrogen) atoms. The second-order valence-corrected chi connectivity index (χ2v) is 6.53. The number of hydrogen-bond donors (Lipinski definition) is 1. The van der Waals surface area contributed by atoms with Gasteiger partial charge in [-0.1, -0.05) is 48.0 Å². The Morgan fingerprint density at radius 3 is 2.00 bits per heavy atom. The van der Waals surface area contributed by atoms with Crippen LogP contribution in [0.25, 0.3) is 0 Å². The first kappa shape index (κ1) is 18.0. The van der Waals surface area contributed by atoms with E-state index in [2.05, 4.69) is 26.1 Å². The number of amides is 2. The molecule has 0 aromatic rings. The molecule has 2 unspecified atom stereocenters. The van der Waals surface area contributed by atoms with Crippen molar-refractivity contribution in [3.63, 3.8) is 0 Å². The molecule has 1 rings (SSSR count). The van der Waals surface area contributed by atoms with Crippen molar-refractivity contribution in [3.05, 3.63) is 0 Å². The van der Waals surface area contributed by atoms with E-state index in [0.29, 0.717) is 0 Å². The van der Waals surface area contributed by atoms with E-state index in [9.17, 15) is 9.59 Å². The van der Waals surface area contributed by atoms with Crippen LogP contribution in [0.1, 0.15) is 73.6 Å². The molecule has 1 aliphatic heterocycles. The Balaban J connectivity index is 3.28. The lowest BCUT2D eigenvalue weighted by Gasteiger charge is -2.51. The predicted octanol–water partition coefficient (Wildman–Crippen LogP) is 3.11. The quantitative estimate of drug-likeness (QED) is 0.785. The first-order valence-electron chi connectivity index (χ1n) is 8.52. The first-order chi connectivity index (χ1) is 9.88. The molecule has 4 heteroatoms. The second kappa shape index (κ2) is 7.28. The topological polar surface area (TPSA) is 49.4 Å². The SMILES string of the molecule is CCCC1NC(=O)C(C(C)C)N(C(CC)(CC)CC)C1=O. The Morgan fingerprint density at radius 1 is 1.10 bits per heavy atom. The van der Waals surface area contributed by atoms with E-state index in [1.54, 1.807) is 0 Å². The molecule has 1 saturated heterocycles. The Bertz CT molecular complexity index is 367. The molecule has 1 heterocycles. The molecule has 0 saturated carbocycles. The van der Waals surface area contributed by atoms with Gasteiger partial charge in [0.1, 0.15) is 12.1 Å². The monoisotopic (exact) mass is 296 g/mol. The Kier molecular flexibility index (Phi) is 6.24. The van der Waals surface area contributed by atoms with E-state index in [1.165, 1.54) is 0 Å². The van der Waals surface area contributed by atoms with Crippen LogP contribution in [0.3, 0.4) is 0 Å². The maximum absolute atomic E-state index is 13.0. The van der Waals surface area contributed by atoms with Crippen molar-refractivity contribution >= 4 is 11.8 Å². The molecule has 0 bridgehead atoms. The van der Waals surface area contributed by atoms with E-state index in [-0.39, 0.29) is 35.4 Å². The van der Waals surface area contributed by atoms with Gasteiger partial charge in [-0.05, 0) is 31.6 Å². The summed E-state index contributed by atoms with van der Waals surface area (Å²) in [6, 6.07) is -0.688. The van der Waals surface area contributed by atoms with Crippen molar-refractivity contribution in [1.82, 2.24) is 10.2 Å². The maximum Gasteiger partial charge on any atom is 0.246 e. The van der Waals surface area contributed by atoms with Crippen LogP contribution < -0.4 is 5.32 Å². The molecule has 1 aliphatic rings. The van der Waals surface area contributed by atoms with Gasteiger partial charge in [-0.25, -0.2) is 0 Å². The summed E-state index contributed by atoms with van der Waals surface area (Å²) in [6.07, 6.45) is 4.29. The van der Waals surface area contributed by atoms with Gasteiger partial charge in [-0.2, -0.15) is 0 Å². The summed E-state index contributed by atoms with van der Waals surface area (Å²) in [5, 5.41) is 2.94. The fraction of sp³-hybridized carbons (Fsp3) is 0.882. The van der Waals surface area contributed by atoms with E-state index in [1.807, 2.05) is 25.7 Å². The van der Waals surface area contributed by atoms with E-state index in [0.717, 1.165) is 32.1 Å². The number of nitrogens with zero attached hydrogens (tertiary/aromatic N) is 1. The molecule has 4 nitrogen and oxygen atoms in total. The molecular formula is C17H32N2O2. The van der Waals surface area contributed by atoms with E-state index in [4.69, 9.17) is 0 Å². The zero-order valence-corrected chi connectivity index (χ0v) is 14.5. The molecule has 2 atom stereocenters. The lowest BCUT2D eigenvalue weighted by atomic mass is 9.82. The van der Waals surface area contributed by atoms with Crippen molar-refractivity contribution in [2.45, 2.75) is 91.3 Å². The number of hydrogen-bond acceptors (Lipinski definition) is 2. The highest BCUT2D eigenvalue weighted by Crippen LogP contribution is 2.34. The van der Waals surface area contributed by atoms with Crippen LogP contribution in [0.2, 0.25) is 0 Å². The summed E-state index contributed by atoms with van der Waals surface area (Å²) in [6.45, 7) is 12.5. The van der Waals surface area contributed by atoms with Crippen LogP contribution in [0.15, 0.2) is 0 Å². The molecule has 122 valence electrons. The third kappa shape index (κ3) is 3.24. The van der Waals surface area contributed by atoms with Crippen LogP contribution in [-0.2, 0) is 9.59 Å². The van der Waals surface area contributed by atoms with Crippen molar-refractivity contribution in [2.24, 2.45) is 5.92 Å². The normalized spacial score (nSPS) is 23.7. The zero-order valence-electron chi connectivity index (χ0n) is 14.5. The van der Waals surface area contributed by atoms with Crippen molar-refractivity contribution in [2.75, 3.05) is 0 Å². The average Bonchev–Trinajstić information content (AvgIpc) is 2.45. The highest BCUT2D eigenvalue weighted by atomic mass is 16.2. The fourth-order valence-electron chi connectivity index (χ4n) is 3.62. The predicted molar refractivity (Wildman–Crippen MR) is 85.9 cm³/mol. The summed E-state index contributed by atoms with van der Waals surface area (Å²) in [7, 11) is 0. The van der Waals surface area contributed by atoms with Gasteiger partial charge < -0.3 is 10.2 Å². The molecule has 0 aromatic heterocycles. The van der Waals surface area contributed by atoms with Crippen LogP contribution in [0.5, 0.6) is 0 Å². The molecule has 1 fully saturated rings. The molecule has 1 N–H and O–H groups in total. The number of carbonyl (C=O) groups is 2. The zero-order chi connectivity index (χ0) is 16.2. The largest absolute Gasteiger partial charge is 0.342 e. The summed E-state index contributed by atoms with van der Waals surface area (Å²) in [5.74, 6) is 0.254. The highest BCUT2D eigenvalue weighted by molar-refractivity contribution is 5.97. The standard InChI is InChI=1S/C17H32N2O2/c1-7-11-13-16(21)19(17(8-2,9-3)10-4)14(12(5)6)15(20)18-13/h12-14H,7-11H2,1-6H3,(H,18,20). The van der Waals surface area contributed by atoms with Crippen LogP contribution >= 0.6 is 0 Å². The Hall–Kier alpha value is -1.06. The summed E-state index contributed by atoms with van der Waals surface area (Å²) in [4.78, 5) is 27.5. The van der Waals surface area contributed by atoms with Gasteiger partial charge in [0.15, 0.2) is 0 Å². The minimum atomic E-state index is -0.346. The van der Waals surface area contributed by atoms with Gasteiger partial charge in [-0.15, -0.1) is 0 Å². The van der Waals surface area contributed by atoms with Crippen molar-refractivity contribution in [3.8, 4) is 0 Å². The van der Waals surface area contributed by atoms with Crippen LogP contribution in [0, 0.1) is 5.92 Å². The summed E-state index contributed by atoms with van der Waals surface area (Å²) < 4.78 is 0. The van der Waals surface area contributed by atoms with E-state index >= 15 is 0 Å². The van der Waals surface area contributed by atoms with Gasteiger partial charge in [0.25, 0.3) is 0 Å². The highest BCUT2D eigenvalue weighted by Gasteiger charge is 2.49. The smallest absolute Gasteiger partial charge is 0.246 e. The van der Waals surface area contributed by atoms with Crippen molar-refractivity contribution < 1.29 is 9.59 Å². The number of piperazine rings is 1. The van der Waals surface area contributed by atoms with Gasteiger partial charge in [0, 0.05) is 5.54 Å². The lowest BCUT2D eigenvalue weighted by molar-refractivity contribution is -0.160. The van der Waals surface area contributed by atoms with Gasteiger partial charge in [0.05, 0.1) is 0 Å². The number of nitrogens with one attached hydrogen (secondary N) is 1. The van der Waals surface area contributed by atoms with Gasteiger partial charge in [0.2, 0.25) is 11.8 Å². The Labute approximate surface area is 129 Å². The minimum Gasteiger partial charge on any atom is -0.342 e. The molecule has 0 spiro atoms.